The molecule has 1 aromatic carbocycles. The maximum absolute atomic E-state index is 13.0. The Bertz CT molecular complexity index is 984. The summed E-state index contributed by atoms with van der Waals surface area (Å²) in [6.07, 6.45) is 5.32. The van der Waals surface area contributed by atoms with Crippen LogP contribution in [0.15, 0.2) is 36.7 Å². The van der Waals surface area contributed by atoms with Gasteiger partial charge in [-0.05, 0) is 44.2 Å². The van der Waals surface area contributed by atoms with Gasteiger partial charge in [0.25, 0.3) is 5.91 Å². The van der Waals surface area contributed by atoms with Crippen LogP contribution >= 0.6 is 0 Å². The van der Waals surface area contributed by atoms with Gasteiger partial charge in [0.1, 0.15) is 0 Å². The fourth-order valence-corrected chi connectivity index (χ4v) is 5.53. The molecule has 0 unspecified atom stereocenters. The Morgan fingerprint density at radius 3 is 2.39 bits per heavy atom. The van der Waals surface area contributed by atoms with Gasteiger partial charge >= 0.3 is 6.03 Å². The summed E-state index contributed by atoms with van der Waals surface area (Å²) in [6, 6.07) is 9.20. The molecule has 33 heavy (non-hydrogen) atoms. The third kappa shape index (κ3) is 4.68. The number of hydrogen-bond acceptors (Lipinski definition) is 5. The Morgan fingerprint density at radius 1 is 1.06 bits per heavy atom. The molecule has 2 amide bonds. The summed E-state index contributed by atoms with van der Waals surface area (Å²) < 4.78 is 6.64. The van der Waals surface area contributed by atoms with E-state index in [9.17, 15) is 9.59 Å². The molecule has 3 aliphatic rings. The van der Waals surface area contributed by atoms with Crippen molar-refractivity contribution in [2.75, 3.05) is 46.4 Å². The molecule has 2 saturated heterocycles. The summed E-state index contributed by atoms with van der Waals surface area (Å²) in [4.78, 5) is 31.8. The van der Waals surface area contributed by atoms with E-state index >= 15 is 0 Å². The van der Waals surface area contributed by atoms with Crippen LogP contribution < -0.4 is 0 Å². The van der Waals surface area contributed by atoms with E-state index in [4.69, 9.17) is 4.74 Å². The van der Waals surface area contributed by atoms with Gasteiger partial charge in [-0.25, -0.2) is 4.79 Å². The van der Waals surface area contributed by atoms with Gasteiger partial charge in [-0.15, -0.1) is 0 Å². The van der Waals surface area contributed by atoms with Crippen LogP contribution in [0, 0.1) is 18.8 Å². The third-order valence-electron chi connectivity index (χ3n) is 7.50. The van der Waals surface area contributed by atoms with E-state index in [1.165, 1.54) is 22.0 Å². The lowest BCUT2D eigenvalue weighted by Crippen LogP contribution is -2.40. The Kier molecular flexibility index (Phi) is 6.21. The second-order valence-electron chi connectivity index (χ2n) is 9.81. The molecule has 2 aliphatic heterocycles. The number of carbonyl (C=O) groups excluding carboxylic acids is 2. The zero-order valence-corrected chi connectivity index (χ0v) is 19.5. The molecule has 1 aliphatic carbocycles. The van der Waals surface area contributed by atoms with Crippen molar-refractivity contribution in [1.82, 2.24) is 24.5 Å². The second-order valence-corrected chi connectivity index (χ2v) is 9.81. The van der Waals surface area contributed by atoms with Crippen molar-refractivity contribution >= 4 is 11.9 Å². The highest BCUT2D eigenvalue weighted by Crippen LogP contribution is 2.40. The van der Waals surface area contributed by atoms with Crippen molar-refractivity contribution in [2.24, 2.45) is 11.8 Å². The molecular formula is C25H33N5O3. The number of rotatable bonds is 4. The van der Waals surface area contributed by atoms with Crippen molar-refractivity contribution in [1.29, 1.82) is 0 Å². The summed E-state index contributed by atoms with van der Waals surface area (Å²) in [6.45, 7) is 6.87. The van der Waals surface area contributed by atoms with E-state index in [2.05, 4.69) is 48.2 Å². The molecule has 3 atom stereocenters. The van der Waals surface area contributed by atoms with Crippen molar-refractivity contribution in [3.8, 4) is 0 Å². The van der Waals surface area contributed by atoms with Gasteiger partial charge in [0.05, 0.1) is 25.0 Å². The lowest BCUT2D eigenvalue weighted by Gasteiger charge is -2.26. The van der Waals surface area contributed by atoms with Crippen molar-refractivity contribution in [2.45, 2.75) is 32.4 Å². The largest absolute Gasteiger partial charge is 0.378 e. The fraction of sp³-hybridized carbons (Fsp3) is 0.560. The molecule has 8 heteroatoms. The predicted octanol–water partition coefficient (Wildman–Crippen LogP) is 2.47. The standard InChI is InChI=1S/C25H33N5O3/c1-18-3-5-19(6-4-18)14-27(2)23-11-20-15-29(16-21(20)12-23)25(32)30-17-22(13-26-30)24(31)28-7-9-33-10-8-28/h3-6,13,17,20-21,23H,7-12,14-16H2,1-2H3/t20-,21+,23+. The molecule has 2 aromatic rings. The summed E-state index contributed by atoms with van der Waals surface area (Å²) in [7, 11) is 2.21. The first-order chi connectivity index (χ1) is 16.0. The summed E-state index contributed by atoms with van der Waals surface area (Å²) >= 11 is 0. The van der Waals surface area contributed by atoms with Gasteiger partial charge in [-0.1, -0.05) is 29.8 Å². The average molecular weight is 452 g/mol. The van der Waals surface area contributed by atoms with Gasteiger partial charge in [-0.2, -0.15) is 9.78 Å². The highest BCUT2D eigenvalue weighted by molar-refractivity contribution is 5.94. The van der Waals surface area contributed by atoms with Crippen LogP contribution in [0.25, 0.3) is 0 Å². The minimum Gasteiger partial charge on any atom is -0.378 e. The number of amides is 2. The summed E-state index contributed by atoms with van der Waals surface area (Å²) in [5.41, 5.74) is 3.09. The molecule has 176 valence electrons. The topological polar surface area (TPSA) is 70.9 Å². The molecule has 1 saturated carbocycles. The molecule has 3 heterocycles. The second kappa shape index (κ2) is 9.27. The molecule has 8 nitrogen and oxygen atoms in total. The van der Waals surface area contributed by atoms with E-state index < -0.39 is 0 Å². The molecule has 5 rings (SSSR count). The maximum atomic E-state index is 13.0. The number of aryl methyl sites for hydroxylation is 1. The number of morpholine rings is 1. The fourth-order valence-electron chi connectivity index (χ4n) is 5.53. The predicted molar refractivity (Wildman–Crippen MR) is 124 cm³/mol. The molecule has 1 aromatic heterocycles. The Labute approximate surface area is 195 Å². The normalized spacial score (nSPS) is 25.0. The zero-order chi connectivity index (χ0) is 22.9. The lowest BCUT2D eigenvalue weighted by atomic mass is 10.0. The number of likely N-dealkylation sites (tertiary alicyclic amines) is 1. The van der Waals surface area contributed by atoms with Crippen LogP contribution in [0.2, 0.25) is 0 Å². The zero-order valence-electron chi connectivity index (χ0n) is 19.5. The number of aromatic nitrogens is 2. The molecule has 0 spiro atoms. The summed E-state index contributed by atoms with van der Waals surface area (Å²) in [5.74, 6) is 0.976. The van der Waals surface area contributed by atoms with E-state index in [-0.39, 0.29) is 11.9 Å². The number of nitrogens with zero attached hydrogens (tertiary/aromatic N) is 5. The van der Waals surface area contributed by atoms with E-state index in [0.717, 1.165) is 32.5 Å². The SMILES string of the molecule is Cc1ccc(CN(C)[C@H]2C[C@@H]3CN(C(=O)n4cc(C(=O)N5CCOCC5)cn4)C[C@@H]3C2)cc1. The maximum Gasteiger partial charge on any atom is 0.344 e. The van der Waals surface area contributed by atoms with Crippen molar-refractivity contribution in [3.63, 3.8) is 0 Å². The molecule has 0 bridgehead atoms. The van der Waals surface area contributed by atoms with Crippen LogP contribution in [-0.4, -0.2) is 88.9 Å². The first-order valence-corrected chi connectivity index (χ1v) is 11.9. The van der Waals surface area contributed by atoms with E-state index in [1.54, 1.807) is 11.1 Å². The van der Waals surface area contributed by atoms with E-state index in [0.29, 0.717) is 49.7 Å². The number of hydrogen-bond donors (Lipinski definition) is 0. The molecule has 0 N–H and O–H groups in total. The average Bonchev–Trinajstić information content (AvgIpc) is 3.55. The Balaban J connectivity index is 1.15. The number of ether oxygens (including phenoxy) is 1. The monoisotopic (exact) mass is 451 g/mol. The highest BCUT2D eigenvalue weighted by atomic mass is 16.5. The highest BCUT2D eigenvalue weighted by Gasteiger charge is 2.43. The lowest BCUT2D eigenvalue weighted by molar-refractivity contribution is 0.0303. The number of fused-ring (bicyclic) bond motifs is 1. The first kappa shape index (κ1) is 22.1. The summed E-state index contributed by atoms with van der Waals surface area (Å²) in [5, 5.41) is 4.21. The van der Waals surface area contributed by atoms with Gasteiger partial charge in [0.15, 0.2) is 0 Å². The van der Waals surface area contributed by atoms with Crippen molar-refractivity contribution < 1.29 is 14.3 Å². The smallest absolute Gasteiger partial charge is 0.344 e. The van der Waals surface area contributed by atoms with Crippen molar-refractivity contribution in [3.05, 3.63) is 53.3 Å². The minimum absolute atomic E-state index is 0.0879. The Morgan fingerprint density at radius 2 is 1.73 bits per heavy atom. The van der Waals surface area contributed by atoms with Crippen LogP contribution in [-0.2, 0) is 11.3 Å². The van der Waals surface area contributed by atoms with Gasteiger partial charge in [0, 0.05) is 45.0 Å². The van der Waals surface area contributed by atoms with Crippen LogP contribution in [0.5, 0.6) is 0 Å². The van der Waals surface area contributed by atoms with Crippen LogP contribution in [0.3, 0.4) is 0 Å². The molecule has 0 radical (unpaired) electrons. The van der Waals surface area contributed by atoms with E-state index in [1.807, 2.05) is 4.90 Å². The molecule has 3 fully saturated rings. The van der Waals surface area contributed by atoms with Gasteiger partial charge < -0.3 is 14.5 Å². The van der Waals surface area contributed by atoms with Gasteiger partial charge in [-0.3, -0.25) is 9.69 Å². The minimum atomic E-state index is -0.130. The number of carbonyl (C=O) groups is 2. The Hall–Kier alpha value is -2.71. The van der Waals surface area contributed by atoms with Crippen LogP contribution in [0.1, 0.15) is 34.3 Å². The van der Waals surface area contributed by atoms with Crippen LogP contribution in [0.4, 0.5) is 4.79 Å². The molecular weight excluding hydrogens is 418 g/mol. The third-order valence-corrected chi connectivity index (χ3v) is 7.50. The van der Waals surface area contributed by atoms with Gasteiger partial charge in [0.2, 0.25) is 0 Å². The first-order valence-electron chi connectivity index (χ1n) is 11.9. The quantitative estimate of drug-likeness (QED) is 0.714. The number of benzene rings is 1.